The zero-order valence-corrected chi connectivity index (χ0v) is 12.1. The Morgan fingerprint density at radius 3 is 2.71 bits per heavy atom. The van der Waals surface area contributed by atoms with Crippen LogP contribution in [0.15, 0.2) is 42.5 Å². The first-order valence-electron chi connectivity index (χ1n) is 6.78. The van der Waals surface area contributed by atoms with Crippen molar-refractivity contribution in [2.45, 2.75) is 26.5 Å². The van der Waals surface area contributed by atoms with Crippen LogP contribution in [0.3, 0.4) is 0 Å². The van der Waals surface area contributed by atoms with Gasteiger partial charge in [-0.1, -0.05) is 18.2 Å². The van der Waals surface area contributed by atoms with Crippen LogP contribution in [0.2, 0.25) is 0 Å². The molecule has 108 valence electrons. The normalized spacial score (nSPS) is 10.2. The highest BCUT2D eigenvalue weighted by Crippen LogP contribution is 2.22. The van der Waals surface area contributed by atoms with Crippen molar-refractivity contribution in [2.75, 3.05) is 5.32 Å². The van der Waals surface area contributed by atoms with E-state index in [0.29, 0.717) is 12.2 Å². The minimum absolute atomic E-state index is 0.0895. The van der Waals surface area contributed by atoms with Crippen LogP contribution >= 0.6 is 0 Å². The minimum Gasteiger partial charge on any atom is -0.491 e. The van der Waals surface area contributed by atoms with Crippen molar-refractivity contribution in [2.24, 2.45) is 0 Å². The summed E-state index contributed by atoms with van der Waals surface area (Å²) in [6.45, 7) is 4.44. The number of nitriles is 1. The molecule has 2 rings (SSSR count). The Balaban J connectivity index is 2.15. The van der Waals surface area contributed by atoms with E-state index in [-0.39, 0.29) is 11.7 Å². The predicted octanol–water partition coefficient (Wildman–Crippen LogP) is 4.10. The summed E-state index contributed by atoms with van der Waals surface area (Å²) in [6, 6.07) is 13.8. The van der Waals surface area contributed by atoms with Crippen LogP contribution in [0, 0.1) is 17.1 Å². The van der Waals surface area contributed by atoms with Gasteiger partial charge in [0.2, 0.25) is 0 Å². The van der Waals surface area contributed by atoms with Gasteiger partial charge in [-0.2, -0.15) is 5.26 Å². The molecule has 0 heterocycles. The van der Waals surface area contributed by atoms with Gasteiger partial charge < -0.3 is 10.1 Å². The maximum absolute atomic E-state index is 13.1. The van der Waals surface area contributed by atoms with E-state index >= 15 is 0 Å². The zero-order chi connectivity index (χ0) is 15.2. The van der Waals surface area contributed by atoms with Gasteiger partial charge in [-0.15, -0.1) is 0 Å². The topological polar surface area (TPSA) is 45.0 Å². The molecule has 0 aliphatic rings. The molecule has 0 amide bonds. The molecule has 0 unspecified atom stereocenters. The Morgan fingerprint density at radius 2 is 2.00 bits per heavy atom. The fraction of sp³-hybridized carbons (Fsp3) is 0.235. The molecular weight excluding hydrogens is 267 g/mol. The quantitative estimate of drug-likeness (QED) is 0.899. The number of rotatable bonds is 5. The second-order valence-electron chi connectivity index (χ2n) is 4.93. The Labute approximate surface area is 124 Å². The number of nitrogens with one attached hydrogen (secondary N) is 1. The second kappa shape index (κ2) is 6.76. The van der Waals surface area contributed by atoms with Crippen LogP contribution in [0.25, 0.3) is 0 Å². The largest absolute Gasteiger partial charge is 0.491 e. The van der Waals surface area contributed by atoms with Gasteiger partial charge in [-0.3, -0.25) is 0 Å². The van der Waals surface area contributed by atoms with Gasteiger partial charge in [0.05, 0.1) is 17.4 Å². The van der Waals surface area contributed by atoms with E-state index in [1.165, 1.54) is 12.1 Å². The lowest BCUT2D eigenvalue weighted by atomic mass is 10.1. The maximum atomic E-state index is 13.1. The first-order valence-corrected chi connectivity index (χ1v) is 6.78. The molecule has 0 fully saturated rings. The van der Waals surface area contributed by atoms with Crippen LogP contribution in [0.5, 0.6) is 5.75 Å². The molecule has 2 aromatic carbocycles. The average Bonchev–Trinajstić information content (AvgIpc) is 2.46. The molecule has 1 N–H and O–H groups in total. The molecule has 21 heavy (non-hydrogen) atoms. The number of halogens is 1. The summed E-state index contributed by atoms with van der Waals surface area (Å²) < 4.78 is 18.9. The molecule has 3 nitrogen and oxygen atoms in total. The smallest absolute Gasteiger partial charge is 0.124 e. The van der Waals surface area contributed by atoms with Crippen molar-refractivity contribution in [3.8, 4) is 11.8 Å². The van der Waals surface area contributed by atoms with Crippen LogP contribution in [-0.2, 0) is 6.54 Å². The van der Waals surface area contributed by atoms with E-state index in [4.69, 9.17) is 10.00 Å². The number of anilines is 1. The third-order valence-corrected chi connectivity index (χ3v) is 2.91. The summed E-state index contributed by atoms with van der Waals surface area (Å²) in [4.78, 5) is 0. The number of nitrogens with zero attached hydrogens (tertiary/aromatic N) is 1. The molecule has 0 aromatic heterocycles. The summed E-state index contributed by atoms with van der Waals surface area (Å²) >= 11 is 0. The summed E-state index contributed by atoms with van der Waals surface area (Å²) in [7, 11) is 0. The van der Waals surface area contributed by atoms with Gasteiger partial charge in [0.1, 0.15) is 17.6 Å². The third-order valence-electron chi connectivity index (χ3n) is 2.91. The molecule has 0 atom stereocenters. The highest BCUT2D eigenvalue weighted by molar-refractivity contribution is 5.57. The molecule has 0 spiro atoms. The van der Waals surface area contributed by atoms with Crippen molar-refractivity contribution in [1.29, 1.82) is 5.26 Å². The van der Waals surface area contributed by atoms with Crippen LogP contribution in [0.4, 0.5) is 10.1 Å². The fourth-order valence-electron chi connectivity index (χ4n) is 1.97. The first kappa shape index (κ1) is 14.9. The van der Waals surface area contributed by atoms with E-state index < -0.39 is 5.82 Å². The molecule has 0 aliphatic heterocycles. The molecule has 2 aromatic rings. The van der Waals surface area contributed by atoms with Gasteiger partial charge in [-0.05, 0) is 38.1 Å². The van der Waals surface area contributed by atoms with E-state index in [2.05, 4.69) is 5.32 Å². The molecule has 0 radical (unpaired) electrons. The van der Waals surface area contributed by atoms with Crippen LogP contribution < -0.4 is 10.1 Å². The molecule has 0 aliphatic carbocycles. The van der Waals surface area contributed by atoms with E-state index in [1.807, 2.05) is 44.2 Å². The summed E-state index contributed by atoms with van der Waals surface area (Å²) in [5, 5.41) is 12.2. The molecule has 0 bridgehead atoms. The minimum atomic E-state index is -0.416. The standard InChI is InChI=1S/C17H17FN2O/c1-12(2)21-17-6-4-3-5-13(17)11-20-16-8-7-15(18)9-14(16)10-19/h3-9,12,20H,11H2,1-2H3. The first-order chi connectivity index (χ1) is 10.1. The number of hydrogen-bond donors (Lipinski definition) is 1. The lowest BCUT2D eigenvalue weighted by molar-refractivity contribution is 0.240. The highest BCUT2D eigenvalue weighted by atomic mass is 19.1. The van der Waals surface area contributed by atoms with Gasteiger partial charge >= 0.3 is 0 Å². The number of para-hydroxylation sites is 1. The van der Waals surface area contributed by atoms with Crippen LogP contribution in [0.1, 0.15) is 25.0 Å². The summed E-state index contributed by atoms with van der Waals surface area (Å²) in [6.07, 6.45) is 0.0895. The monoisotopic (exact) mass is 284 g/mol. The Morgan fingerprint density at radius 1 is 1.24 bits per heavy atom. The Bertz CT molecular complexity index is 662. The molecule has 0 saturated heterocycles. The van der Waals surface area contributed by atoms with E-state index in [9.17, 15) is 4.39 Å². The predicted molar refractivity (Wildman–Crippen MR) is 80.6 cm³/mol. The lowest BCUT2D eigenvalue weighted by Gasteiger charge is -2.15. The third kappa shape index (κ3) is 3.96. The van der Waals surface area contributed by atoms with Crippen LogP contribution in [-0.4, -0.2) is 6.10 Å². The van der Waals surface area contributed by atoms with E-state index in [1.54, 1.807) is 6.07 Å². The number of hydrogen-bond acceptors (Lipinski definition) is 3. The molecule has 4 heteroatoms. The zero-order valence-electron chi connectivity index (χ0n) is 12.1. The van der Waals surface area contributed by atoms with Gasteiger partial charge in [0, 0.05) is 12.1 Å². The SMILES string of the molecule is CC(C)Oc1ccccc1CNc1ccc(F)cc1C#N. The van der Waals surface area contributed by atoms with Crippen molar-refractivity contribution < 1.29 is 9.13 Å². The molecule has 0 saturated carbocycles. The van der Waals surface area contributed by atoms with Gasteiger partial charge in [0.15, 0.2) is 0 Å². The van der Waals surface area contributed by atoms with Crippen molar-refractivity contribution >= 4 is 5.69 Å². The van der Waals surface area contributed by atoms with Crippen molar-refractivity contribution in [3.63, 3.8) is 0 Å². The van der Waals surface area contributed by atoms with Crippen molar-refractivity contribution in [1.82, 2.24) is 0 Å². The number of ether oxygens (including phenoxy) is 1. The van der Waals surface area contributed by atoms with Gasteiger partial charge in [-0.25, -0.2) is 4.39 Å². The lowest BCUT2D eigenvalue weighted by Crippen LogP contribution is -2.09. The highest BCUT2D eigenvalue weighted by Gasteiger charge is 2.07. The molecular formula is C17H17FN2O. The second-order valence-corrected chi connectivity index (χ2v) is 4.93. The van der Waals surface area contributed by atoms with Gasteiger partial charge in [0.25, 0.3) is 0 Å². The van der Waals surface area contributed by atoms with E-state index in [0.717, 1.165) is 11.3 Å². The summed E-state index contributed by atoms with van der Waals surface area (Å²) in [5.74, 6) is 0.390. The fourth-order valence-corrected chi connectivity index (χ4v) is 1.97. The number of benzene rings is 2. The Kier molecular flexibility index (Phi) is 4.78. The van der Waals surface area contributed by atoms with Crippen molar-refractivity contribution in [3.05, 3.63) is 59.4 Å². The average molecular weight is 284 g/mol. The maximum Gasteiger partial charge on any atom is 0.124 e. The Hall–Kier alpha value is -2.54. The summed E-state index contributed by atoms with van der Waals surface area (Å²) in [5.41, 5.74) is 1.88.